The Bertz CT molecular complexity index is 242. The van der Waals surface area contributed by atoms with Crippen molar-refractivity contribution in [3.05, 3.63) is 18.2 Å². The summed E-state index contributed by atoms with van der Waals surface area (Å²) < 4.78 is 2.14. The molecule has 0 aromatic carbocycles. The Kier molecular flexibility index (Phi) is 1.63. The molecule has 2 heterocycles. The van der Waals surface area contributed by atoms with Crippen LogP contribution in [0.25, 0.3) is 0 Å². The minimum atomic E-state index is 0.637. The van der Waals surface area contributed by atoms with E-state index in [2.05, 4.69) is 14.5 Å². The zero-order valence-electron chi connectivity index (χ0n) is 6.40. The molecule has 0 bridgehead atoms. The Morgan fingerprint density at radius 3 is 3.36 bits per heavy atom. The Labute approximate surface area is 65.6 Å². The highest BCUT2D eigenvalue weighted by Gasteiger charge is 2.13. The van der Waals surface area contributed by atoms with Crippen molar-refractivity contribution in [3.63, 3.8) is 0 Å². The van der Waals surface area contributed by atoms with Crippen LogP contribution in [-0.2, 0) is 13.1 Å². The molecule has 0 spiro atoms. The van der Waals surface area contributed by atoms with Crippen molar-refractivity contribution in [1.29, 1.82) is 0 Å². The molecule has 1 aliphatic heterocycles. The van der Waals surface area contributed by atoms with Crippen LogP contribution in [0.4, 0.5) is 0 Å². The predicted molar refractivity (Wildman–Crippen MR) is 41.7 cm³/mol. The summed E-state index contributed by atoms with van der Waals surface area (Å²) in [6.07, 6.45) is 4.86. The van der Waals surface area contributed by atoms with Gasteiger partial charge in [-0.15, -0.1) is 0 Å². The molecule has 0 fully saturated rings. The average Bonchev–Trinajstić information content (AvgIpc) is 2.50. The molecule has 0 unspecified atom stereocenters. The molecule has 0 saturated carbocycles. The summed E-state index contributed by atoms with van der Waals surface area (Å²) in [7, 11) is 0. The number of hydrogen-bond acceptors (Lipinski definition) is 3. The quantitative estimate of drug-likeness (QED) is 0.596. The van der Waals surface area contributed by atoms with Crippen molar-refractivity contribution in [1.82, 2.24) is 14.5 Å². The van der Waals surface area contributed by atoms with Crippen LogP contribution in [0.5, 0.6) is 0 Å². The molecular formula is C7H12N4. The Hall–Kier alpha value is -0.870. The van der Waals surface area contributed by atoms with E-state index in [1.807, 2.05) is 12.4 Å². The third-order valence-electron chi connectivity index (χ3n) is 2.06. The molecule has 4 heteroatoms. The molecule has 11 heavy (non-hydrogen) atoms. The molecule has 2 rings (SSSR count). The van der Waals surface area contributed by atoms with Gasteiger partial charge in [0, 0.05) is 32.0 Å². The number of fused-ring (bicyclic) bond motifs is 1. The first-order chi connectivity index (χ1) is 5.40. The van der Waals surface area contributed by atoms with Gasteiger partial charge < -0.3 is 10.3 Å². The van der Waals surface area contributed by atoms with Gasteiger partial charge in [-0.25, -0.2) is 4.98 Å². The number of aromatic nitrogens is 2. The highest BCUT2D eigenvalue weighted by Crippen LogP contribution is 2.07. The summed E-state index contributed by atoms with van der Waals surface area (Å²) >= 11 is 0. The molecule has 1 aromatic rings. The summed E-state index contributed by atoms with van der Waals surface area (Å²) in [4.78, 5) is 6.41. The van der Waals surface area contributed by atoms with Crippen LogP contribution in [0.15, 0.2) is 12.4 Å². The molecule has 0 amide bonds. The van der Waals surface area contributed by atoms with Crippen molar-refractivity contribution >= 4 is 0 Å². The molecule has 0 radical (unpaired) electrons. The van der Waals surface area contributed by atoms with E-state index in [0.717, 1.165) is 19.6 Å². The van der Waals surface area contributed by atoms with Crippen LogP contribution < -0.4 is 5.73 Å². The minimum Gasteiger partial charge on any atom is -0.321 e. The maximum Gasteiger partial charge on any atom is 0.111 e. The van der Waals surface area contributed by atoms with E-state index < -0.39 is 0 Å². The largest absolute Gasteiger partial charge is 0.321 e. The van der Waals surface area contributed by atoms with E-state index in [1.165, 1.54) is 5.82 Å². The van der Waals surface area contributed by atoms with Gasteiger partial charge >= 0.3 is 0 Å². The smallest absolute Gasteiger partial charge is 0.111 e. The summed E-state index contributed by atoms with van der Waals surface area (Å²) in [5.74, 6) is 1.18. The van der Waals surface area contributed by atoms with Crippen LogP contribution >= 0.6 is 0 Å². The lowest BCUT2D eigenvalue weighted by molar-refractivity contribution is 0.198. The molecule has 0 saturated heterocycles. The normalized spacial score (nSPS) is 18.3. The fourth-order valence-corrected chi connectivity index (χ4v) is 1.39. The van der Waals surface area contributed by atoms with Crippen molar-refractivity contribution in [2.75, 3.05) is 13.2 Å². The number of rotatable bonds is 1. The van der Waals surface area contributed by atoms with E-state index in [4.69, 9.17) is 5.73 Å². The number of imidazole rings is 1. The standard InChI is InChI=1S/C7H12N4/c8-5-10-3-1-7-9-2-4-11(7)6-10/h2,4H,1,3,5-6,8H2. The average molecular weight is 152 g/mol. The van der Waals surface area contributed by atoms with Gasteiger partial charge in [-0.05, 0) is 0 Å². The fraction of sp³-hybridized carbons (Fsp3) is 0.571. The summed E-state index contributed by atoms with van der Waals surface area (Å²) in [6.45, 7) is 2.57. The second kappa shape index (κ2) is 2.64. The maximum absolute atomic E-state index is 5.52. The van der Waals surface area contributed by atoms with E-state index >= 15 is 0 Å². The molecule has 60 valence electrons. The molecule has 2 N–H and O–H groups in total. The van der Waals surface area contributed by atoms with Gasteiger partial charge in [-0.3, -0.25) is 4.90 Å². The summed E-state index contributed by atoms with van der Waals surface area (Å²) in [5, 5.41) is 0. The van der Waals surface area contributed by atoms with Crippen LogP contribution in [0.2, 0.25) is 0 Å². The van der Waals surface area contributed by atoms with Crippen molar-refractivity contribution in [2.45, 2.75) is 13.1 Å². The third kappa shape index (κ3) is 1.15. The van der Waals surface area contributed by atoms with Gasteiger partial charge in [-0.2, -0.15) is 0 Å². The second-order valence-electron chi connectivity index (χ2n) is 2.78. The lowest BCUT2D eigenvalue weighted by Gasteiger charge is -2.26. The molecular weight excluding hydrogens is 140 g/mol. The zero-order valence-corrected chi connectivity index (χ0v) is 6.40. The van der Waals surface area contributed by atoms with E-state index in [9.17, 15) is 0 Å². The molecule has 4 nitrogen and oxygen atoms in total. The second-order valence-corrected chi connectivity index (χ2v) is 2.78. The van der Waals surface area contributed by atoms with Crippen LogP contribution in [0.1, 0.15) is 5.82 Å². The minimum absolute atomic E-state index is 0.637. The highest BCUT2D eigenvalue weighted by atomic mass is 15.3. The lowest BCUT2D eigenvalue weighted by Crippen LogP contribution is -2.37. The van der Waals surface area contributed by atoms with Gasteiger partial charge in [0.25, 0.3) is 0 Å². The van der Waals surface area contributed by atoms with Gasteiger partial charge in [0.15, 0.2) is 0 Å². The Morgan fingerprint density at radius 1 is 1.64 bits per heavy atom. The number of nitrogens with two attached hydrogens (primary N) is 1. The first-order valence-corrected chi connectivity index (χ1v) is 3.82. The van der Waals surface area contributed by atoms with Gasteiger partial charge in [0.1, 0.15) is 5.82 Å². The number of hydrogen-bond donors (Lipinski definition) is 1. The van der Waals surface area contributed by atoms with Crippen molar-refractivity contribution in [2.24, 2.45) is 5.73 Å². The van der Waals surface area contributed by atoms with Gasteiger partial charge in [0.2, 0.25) is 0 Å². The maximum atomic E-state index is 5.52. The molecule has 0 aliphatic carbocycles. The van der Waals surface area contributed by atoms with Crippen molar-refractivity contribution in [3.8, 4) is 0 Å². The molecule has 1 aliphatic rings. The SMILES string of the molecule is NCN1CCc2nccn2C1. The summed E-state index contributed by atoms with van der Waals surface area (Å²) in [5.41, 5.74) is 5.52. The van der Waals surface area contributed by atoms with E-state index in [0.29, 0.717) is 6.67 Å². The monoisotopic (exact) mass is 152 g/mol. The fourth-order valence-electron chi connectivity index (χ4n) is 1.39. The van der Waals surface area contributed by atoms with Crippen molar-refractivity contribution < 1.29 is 0 Å². The molecule has 1 aromatic heterocycles. The summed E-state index contributed by atoms with van der Waals surface area (Å²) in [6, 6.07) is 0. The van der Waals surface area contributed by atoms with Gasteiger partial charge in [0.05, 0.1) is 6.67 Å². The molecule has 0 atom stereocenters. The van der Waals surface area contributed by atoms with Crippen LogP contribution in [-0.4, -0.2) is 27.7 Å². The van der Waals surface area contributed by atoms with E-state index in [1.54, 1.807) is 0 Å². The van der Waals surface area contributed by atoms with Crippen LogP contribution in [0.3, 0.4) is 0 Å². The Balaban J connectivity index is 2.18. The third-order valence-corrected chi connectivity index (χ3v) is 2.06. The van der Waals surface area contributed by atoms with Crippen LogP contribution in [0, 0.1) is 0 Å². The Morgan fingerprint density at radius 2 is 2.55 bits per heavy atom. The zero-order chi connectivity index (χ0) is 7.68. The highest BCUT2D eigenvalue weighted by molar-refractivity contribution is 4.95. The topological polar surface area (TPSA) is 47.1 Å². The predicted octanol–water partition coefficient (Wildman–Crippen LogP) is -0.385. The first kappa shape index (κ1) is 6.82. The van der Waals surface area contributed by atoms with E-state index in [-0.39, 0.29) is 0 Å². The first-order valence-electron chi connectivity index (χ1n) is 3.82. The number of nitrogens with zero attached hydrogens (tertiary/aromatic N) is 3. The lowest BCUT2D eigenvalue weighted by atomic mass is 10.3. The van der Waals surface area contributed by atoms with Gasteiger partial charge in [-0.1, -0.05) is 0 Å².